The second kappa shape index (κ2) is 7.29. The van der Waals surface area contributed by atoms with Crippen LogP contribution < -0.4 is 0 Å². The van der Waals surface area contributed by atoms with Crippen molar-refractivity contribution in [1.29, 1.82) is 0 Å². The lowest BCUT2D eigenvalue weighted by Crippen LogP contribution is -2.49. The van der Waals surface area contributed by atoms with E-state index in [9.17, 15) is 9.59 Å². The van der Waals surface area contributed by atoms with Gasteiger partial charge in [0.25, 0.3) is 5.91 Å². The molecule has 1 saturated heterocycles. The maximum Gasteiger partial charge on any atom is 0.339 e. The highest BCUT2D eigenvalue weighted by Crippen LogP contribution is 2.30. The van der Waals surface area contributed by atoms with Crippen LogP contribution in [0, 0.1) is 0 Å². The van der Waals surface area contributed by atoms with Crippen molar-refractivity contribution >= 4 is 22.8 Å². The van der Waals surface area contributed by atoms with Gasteiger partial charge in [0, 0.05) is 23.2 Å². The number of amides is 1. The second-order valence-corrected chi connectivity index (χ2v) is 7.79. The van der Waals surface area contributed by atoms with Crippen LogP contribution in [0.1, 0.15) is 61.1 Å². The third kappa shape index (κ3) is 3.31. The summed E-state index contributed by atoms with van der Waals surface area (Å²) in [4.78, 5) is 32.2. The second-order valence-electron chi connectivity index (χ2n) is 7.79. The van der Waals surface area contributed by atoms with E-state index >= 15 is 0 Å². The summed E-state index contributed by atoms with van der Waals surface area (Å²) < 4.78 is 5.52. The van der Waals surface area contributed by atoms with E-state index in [1.165, 1.54) is 0 Å². The first-order valence-corrected chi connectivity index (χ1v) is 9.95. The number of rotatable bonds is 3. The van der Waals surface area contributed by atoms with Crippen LogP contribution in [0.4, 0.5) is 0 Å². The van der Waals surface area contributed by atoms with Gasteiger partial charge >= 0.3 is 5.97 Å². The van der Waals surface area contributed by atoms with Gasteiger partial charge in [0.2, 0.25) is 0 Å². The Labute approximate surface area is 159 Å². The summed E-state index contributed by atoms with van der Waals surface area (Å²) in [7, 11) is 0. The van der Waals surface area contributed by atoms with Crippen molar-refractivity contribution in [2.24, 2.45) is 0 Å². The van der Waals surface area contributed by atoms with Gasteiger partial charge in [-0.05, 0) is 64.0 Å². The lowest BCUT2D eigenvalue weighted by molar-refractivity contribution is -0.140. The van der Waals surface area contributed by atoms with Gasteiger partial charge in [-0.3, -0.25) is 9.78 Å². The lowest BCUT2D eigenvalue weighted by atomic mass is 9.97. The monoisotopic (exact) mass is 366 g/mol. The van der Waals surface area contributed by atoms with Crippen LogP contribution in [-0.4, -0.2) is 40.5 Å². The number of aryl methyl sites for hydroxylation is 1. The maximum atomic E-state index is 12.9. The first kappa shape index (κ1) is 18.0. The van der Waals surface area contributed by atoms with Crippen LogP contribution in [0.5, 0.6) is 0 Å². The molecule has 2 aromatic rings. The highest BCUT2D eigenvalue weighted by molar-refractivity contribution is 6.05. The summed E-state index contributed by atoms with van der Waals surface area (Å²) in [5.74, 6) is -0.504. The summed E-state index contributed by atoms with van der Waals surface area (Å²) in [5, 5.41) is 0.815. The zero-order valence-corrected chi connectivity index (χ0v) is 16.0. The fourth-order valence-corrected chi connectivity index (χ4v) is 4.63. The van der Waals surface area contributed by atoms with Gasteiger partial charge in [-0.1, -0.05) is 18.2 Å². The summed E-state index contributed by atoms with van der Waals surface area (Å²) >= 11 is 0. The van der Waals surface area contributed by atoms with E-state index in [2.05, 4.69) is 13.8 Å². The number of hydrogen-bond acceptors (Lipinski definition) is 4. The molecular formula is C22H26N2O3. The SMILES string of the molecule is CC1CCCC(C)N1C(=O)COC(=O)c1c2c(nc3ccccc13)CCC2. The molecule has 2 atom stereocenters. The molecule has 0 spiro atoms. The van der Waals surface area contributed by atoms with Crippen LogP contribution in [0.15, 0.2) is 24.3 Å². The van der Waals surface area contributed by atoms with Gasteiger partial charge in [-0.2, -0.15) is 0 Å². The quantitative estimate of drug-likeness (QED) is 0.778. The van der Waals surface area contributed by atoms with E-state index in [1.807, 2.05) is 29.2 Å². The molecule has 1 aliphatic carbocycles. The van der Waals surface area contributed by atoms with Crippen molar-refractivity contribution < 1.29 is 14.3 Å². The molecule has 2 aliphatic rings. The topological polar surface area (TPSA) is 59.5 Å². The minimum absolute atomic E-state index is 0.0990. The number of aromatic nitrogens is 1. The number of benzene rings is 1. The van der Waals surface area contributed by atoms with Crippen LogP contribution in [-0.2, 0) is 22.4 Å². The molecule has 1 aliphatic heterocycles. The van der Waals surface area contributed by atoms with Crippen LogP contribution in [0.25, 0.3) is 10.9 Å². The summed E-state index contributed by atoms with van der Waals surface area (Å²) in [6, 6.07) is 8.07. The zero-order valence-electron chi connectivity index (χ0n) is 16.0. The maximum absolute atomic E-state index is 12.9. The van der Waals surface area contributed by atoms with Crippen molar-refractivity contribution in [1.82, 2.24) is 9.88 Å². The molecule has 1 aromatic heterocycles. The van der Waals surface area contributed by atoms with Gasteiger partial charge in [0.15, 0.2) is 6.61 Å². The summed E-state index contributed by atoms with van der Waals surface area (Å²) in [6.07, 6.45) is 5.88. The van der Waals surface area contributed by atoms with Crippen LogP contribution in [0.3, 0.4) is 0 Å². The number of hydrogen-bond donors (Lipinski definition) is 0. The van der Waals surface area contributed by atoms with E-state index in [0.717, 1.165) is 60.7 Å². The fourth-order valence-electron chi connectivity index (χ4n) is 4.63. The molecule has 1 fully saturated rings. The number of carbonyl (C=O) groups is 2. The highest BCUT2D eigenvalue weighted by Gasteiger charge is 2.30. The Kier molecular flexibility index (Phi) is 4.85. The number of esters is 1. The third-order valence-electron chi connectivity index (χ3n) is 5.93. The molecule has 0 radical (unpaired) electrons. The number of carbonyl (C=O) groups excluding carboxylic acids is 2. The predicted octanol–water partition coefficient (Wildman–Crippen LogP) is 3.67. The van der Waals surface area contributed by atoms with Gasteiger partial charge in [-0.15, -0.1) is 0 Å². The van der Waals surface area contributed by atoms with E-state index in [1.54, 1.807) is 0 Å². The normalized spacial score (nSPS) is 21.9. The minimum Gasteiger partial charge on any atom is -0.452 e. The smallest absolute Gasteiger partial charge is 0.339 e. The van der Waals surface area contributed by atoms with Crippen LogP contribution >= 0.6 is 0 Å². The number of pyridine rings is 1. The molecule has 142 valence electrons. The Morgan fingerprint density at radius 2 is 1.85 bits per heavy atom. The standard InChI is InChI=1S/C22H26N2O3/c1-14-7-5-8-15(2)24(14)20(25)13-27-22(26)21-16-9-3-4-11-18(16)23-19-12-6-10-17(19)21/h3-4,9,11,14-15H,5-8,10,12-13H2,1-2H3. The molecule has 27 heavy (non-hydrogen) atoms. The number of ether oxygens (including phenoxy) is 1. The van der Waals surface area contributed by atoms with Gasteiger partial charge in [-0.25, -0.2) is 4.79 Å². The van der Waals surface area contributed by atoms with Crippen molar-refractivity contribution in [3.63, 3.8) is 0 Å². The van der Waals surface area contributed by atoms with Crippen LogP contribution in [0.2, 0.25) is 0 Å². The average Bonchev–Trinajstić information content (AvgIpc) is 3.11. The van der Waals surface area contributed by atoms with Gasteiger partial charge in [0.1, 0.15) is 0 Å². The first-order chi connectivity index (χ1) is 13.1. The van der Waals surface area contributed by atoms with Crippen molar-refractivity contribution in [2.75, 3.05) is 6.61 Å². The zero-order chi connectivity index (χ0) is 19.0. The Morgan fingerprint density at radius 3 is 2.63 bits per heavy atom. The molecule has 0 bridgehead atoms. The molecule has 2 unspecified atom stereocenters. The minimum atomic E-state index is -0.405. The lowest BCUT2D eigenvalue weighted by Gasteiger charge is -2.38. The fraction of sp³-hybridized carbons (Fsp3) is 0.500. The molecule has 2 heterocycles. The molecular weight excluding hydrogens is 340 g/mol. The van der Waals surface area contributed by atoms with Gasteiger partial charge < -0.3 is 9.64 Å². The van der Waals surface area contributed by atoms with Crippen molar-refractivity contribution in [3.8, 4) is 0 Å². The highest BCUT2D eigenvalue weighted by atomic mass is 16.5. The molecule has 0 saturated carbocycles. The number of likely N-dealkylation sites (tertiary alicyclic amines) is 1. The predicted molar refractivity (Wildman–Crippen MR) is 104 cm³/mol. The number of fused-ring (bicyclic) bond motifs is 2. The number of nitrogens with zero attached hydrogens (tertiary/aromatic N) is 2. The van der Waals surface area contributed by atoms with E-state index in [4.69, 9.17) is 9.72 Å². The largest absolute Gasteiger partial charge is 0.452 e. The Morgan fingerprint density at radius 1 is 1.11 bits per heavy atom. The van der Waals surface area contributed by atoms with E-state index < -0.39 is 5.97 Å². The summed E-state index contributed by atoms with van der Waals surface area (Å²) in [5.41, 5.74) is 3.39. The Balaban J connectivity index is 1.56. The number of piperidine rings is 1. The molecule has 0 N–H and O–H groups in total. The Bertz CT molecular complexity index is 883. The molecule has 4 rings (SSSR count). The molecule has 1 amide bonds. The number of para-hydroxylation sites is 1. The van der Waals surface area contributed by atoms with E-state index in [0.29, 0.717) is 5.56 Å². The third-order valence-corrected chi connectivity index (χ3v) is 5.93. The van der Waals surface area contributed by atoms with Gasteiger partial charge in [0.05, 0.1) is 11.1 Å². The van der Waals surface area contributed by atoms with E-state index in [-0.39, 0.29) is 24.6 Å². The molecule has 1 aromatic carbocycles. The summed E-state index contributed by atoms with van der Waals surface area (Å²) in [6.45, 7) is 3.94. The first-order valence-electron chi connectivity index (χ1n) is 9.95. The molecule has 5 heteroatoms. The molecule has 5 nitrogen and oxygen atoms in total. The Hall–Kier alpha value is -2.43. The van der Waals surface area contributed by atoms with Crippen molar-refractivity contribution in [3.05, 3.63) is 41.1 Å². The van der Waals surface area contributed by atoms with Crippen molar-refractivity contribution in [2.45, 2.75) is 64.5 Å². The average molecular weight is 366 g/mol.